The fourth-order valence-electron chi connectivity index (χ4n) is 5.58. The molecule has 20 nitrogen and oxygen atoms in total. The molecule has 412 valence electrons. The van der Waals surface area contributed by atoms with Gasteiger partial charge in [0.1, 0.15) is 0 Å². The van der Waals surface area contributed by atoms with Crippen molar-refractivity contribution < 1.29 is 81.8 Å². The van der Waals surface area contributed by atoms with Crippen molar-refractivity contribution in [1.82, 2.24) is 10.6 Å². The second-order valence-electron chi connectivity index (χ2n) is 14.9. The highest BCUT2D eigenvalue weighted by molar-refractivity contribution is 6.61. The van der Waals surface area contributed by atoms with E-state index in [1.807, 2.05) is 41.5 Å². The highest BCUT2D eigenvalue weighted by Gasteiger charge is 2.41. The summed E-state index contributed by atoms with van der Waals surface area (Å²) in [6.07, 6.45) is 2.82. The Morgan fingerprint density at radius 1 is 0.371 bits per heavy atom. The summed E-state index contributed by atoms with van der Waals surface area (Å²) in [5.41, 5.74) is 1.83. The van der Waals surface area contributed by atoms with Crippen LogP contribution in [0.2, 0.25) is 24.2 Å². The zero-order valence-corrected chi connectivity index (χ0v) is 49.9. The summed E-state index contributed by atoms with van der Waals surface area (Å²) in [4.78, 5) is 44.8. The molecule has 0 aromatic heterocycles. The Bertz CT molecular complexity index is 1310. The van der Waals surface area contributed by atoms with Crippen LogP contribution in [0.5, 0.6) is 0 Å². The Labute approximate surface area is 426 Å². The van der Waals surface area contributed by atoms with E-state index in [-0.39, 0.29) is 23.8 Å². The van der Waals surface area contributed by atoms with Gasteiger partial charge in [-0.1, -0.05) is 26.3 Å². The van der Waals surface area contributed by atoms with Crippen molar-refractivity contribution >= 4 is 59.0 Å². The predicted octanol–water partition coefficient (Wildman–Crippen LogP) is 6.98. The van der Waals surface area contributed by atoms with Crippen LogP contribution in [0.1, 0.15) is 94.9 Å². The van der Waals surface area contributed by atoms with Gasteiger partial charge < -0.3 is 73.2 Å². The van der Waals surface area contributed by atoms with Crippen molar-refractivity contribution in [3.63, 3.8) is 0 Å². The SMILES string of the molecule is C=C(C)C(=O)NCCC[Si](OC)(OC)OC.C=C(C)C(=O)NCCC[Si](OCC)(OCC)OCC.C=C(C)C(=O)OCCC[Si](OC)(OC)OC.C=C(C)C(=O)OCCC[Si](OCC)(OCC)OCC. The molecular formula is C46H94N2O18Si4. The molecule has 2 N–H and O–H groups in total. The summed E-state index contributed by atoms with van der Waals surface area (Å²) in [7, 11) is -0.808. The van der Waals surface area contributed by atoms with Crippen LogP contribution in [0.4, 0.5) is 0 Å². The Balaban J connectivity index is -0.000000416. The van der Waals surface area contributed by atoms with Gasteiger partial charge in [-0.2, -0.15) is 0 Å². The van der Waals surface area contributed by atoms with Gasteiger partial charge in [0.05, 0.1) is 13.2 Å². The normalized spacial score (nSPS) is 11.3. The lowest BCUT2D eigenvalue weighted by molar-refractivity contribution is -0.139. The fraction of sp³-hybridized carbons (Fsp3) is 0.739. The number of rotatable bonds is 38. The highest BCUT2D eigenvalue weighted by atomic mass is 28.4. The maximum atomic E-state index is 11.4. The van der Waals surface area contributed by atoms with Crippen LogP contribution >= 0.6 is 0 Å². The van der Waals surface area contributed by atoms with Crippen molar-refractivity contribution in [2.45, 2.75) is 119 Å². The van der Waals surface area contributed by atoms with Crippen LogP contribution in [0.15, 0.2) is 48.6 Å². The molecular weight excluding hydrogens is 981 g/mol. The topological polar surface area (TPSA) is 222 Å². The molecule has 0 unspecified atom stereocenters. The average molecular weight is 1080 g/mol. The van der Waals surface area contributed by atoms with Crippen LogP contribution < -0.4 is 10.6 Å². The van der Waals surface area contributed by atoms with E-state index in [9.17, 15) is 19.2 Å². The van der Waals surface area contributed by atoms with Crippen molar-refractivity contribution in [3.8, 4) is 0 Å². The number of esters is 2. The van der Waals surface area contributed by atoms with Gasteiger partial charge in [0, 0.05) is 142 Å². The third-order valence-corrected chi connectivity index (χ3v) is 21.1. The lowest BCUT2D eigenvalue weighted by atomic mass is 10.3. The number of hydrogen-bond acceptors (Lipinski definition) is 18. The number of carbonyl (C=O) groups is 4. The summed E-state index contributed by atoms with van der Waals surface area (Å²) >= 11 is 0. The van der Waals surface area contributed by atoms with Crippen LogP contribution in [0, 0.1) is 0 Å². The Hall–Kier alpha value is -2.77. The van der Waals surface area contributed by atoms with E-state index in [0.717, 1.165) is 12.8 Å². The molecule has 70 heavy (non-hydrogen) atoms. The summed E-state index contributed by atoms with van der Waals surface area (Å²) < 4.78 is 75.7. The molecule has 0 fully saturated rings. The average Bonchev–Trinajstić information content (AvgIpc) is 3.33. The van der Waals surface area contributed by atoms with Crippen molar-refractivity contribution in [1.29, 1.82) is 0 Å². The smallest absolute Gasteiger partial charge is 0.462 e. The molecule has 0 aliphatic rings. The Kier molecular flexibility index (Phi) is 47.3. The summed E-state index contributed by atoms with van der Waals surface area (Å²) in [6.45, 7) is 37.5. The van der Waals surface area contributed by atoms with Crippen molar-refractivity contribution in [2.24, 2.45) is 0 Å². The van der Waals surface area contributed by atoms with Crippen molar-refractivity contribution in [2.75, 3.05) is 109 Å². The minimum Gasteiger partial charge on any atom is -0.462 e. The minimum absolute atomic E-state index is 0.114. The summed E-state index contributed by atoms with van der Waals surface area (Å²) in [6, 6.07) is 2.64. The van der Waals surface area contributed by atoms with Crippen LogP contribution in [0.3, 0.4) is 0 Å². The zero-order chi connectivity index (χ0) is 54.7. The van der Waals surface area contributed by atoms with Gasteiger partial charge in [0.25, 0.3) is 0 Å². The van der Waals surface area contributed by atoms with Crippen LogP contribution in [-0.4, -0.2) is 168 Å². The molecule has 0 saturated heterocycles. The molecule has 2 amide bonds. The molecule has 0 saturated carbocycles. The van der Waals surface area contributed by atoms with E-state index < -0.39 is 35.2 Å². The third kappa shape index (κ3) is 35.4. The van der Waals surface area contributed by atoms with E-state index in [2.05, 4.69) is 36.9 Å². The van der Waals surface area contributed by atoms with Gasteiger partial charge in [-0.15, -0.1) is 0 Å². The first-order valence-corrected chi connectivity index (χ1v) is 31.4. The number of amides is 2. The van der Waals surface area contributed by atoms with E-state index in [1.54, 1.807) is 70.4 Å². The van der Waals surface area contributed by atoms with Gasteiger partial charge in [-0.05, 0) is 94.9 Å². The molecule has 0 rings (SSSR count). The molecule has 0 aromatic carbocycles. The van der Waals surface area contributed by atoms with Crippen molar-refractivity contribution in [3.05, 3.63) is 48.6 Å². The van der Waals surface area contributed by atoms with Crippen LogP contribution in [0.25, 0.3) is 0 Å². The van der Waals surface area contributed by atoms with Gasteiger partial charge in [-0.3, -0.25) is 9.59 Å². The second-order valence-corrected chi connectivity index (χ2v) is 26.5. The fourth-order valence-corrected chi connectivity index (χ4v) is 14.2. The number of hydrogen-bond donors (Lipinski definition) is 2. The Morgan fingerprint density at radius 2 is 0.600 bits per heavy atom. The second kappa shape index (κ2) is 44.9. The van der Waals surface area contributed by atoms with E-state index in [4.69, 9.17) is 62.6 Å². The quantitative estimate of drug-likeness (QED) is 0.0275. The number of carbonyl (C=O) groups excluding carboxylic acids is 4. The molecule has 0 aliphatic carbocycles. The number of ether oxygens (including phenoxy) is 2. The monoisotopic (exact) mass is 1070 g/mol. The van der Waals surface area contributed by atoms with E-state index in [1.165, 1.54) is 0 Å². The molecule has 24 heteroatoms. The lowest BCUT2D eigenvalue weighted by Crippen LogP contribution is -2.46. The van der Waals surface area contributed by atoms with E-state index in [0.29, 0.717) is 125 Å². The molecule has 0 atom stereocenters. The first-order valence-electron chi connectivity index (χ1n) is 23.7. The van der Waals surface area contributed by atoms with Gasteiger partial charge in [-0.25, -0.2) is 9.59 Å². The summed E-state index contributed by atoms with van der Waals surface area (Å²) in [5, 5.41) is 5.54. The first kappa shape index (κ1) is 73.8. The minimum atomic E-state index is -2.61. The van der Waals surface area contributed by atoms with Gasteiger partial charge in [0.15, 0.2) is 0 Å². The molecule has 0 bridgehead atoms. The highest BCUT2D eigenvalue weighted by Crippen LogP contribution is 2.20. The molecule has 0 spiro atoms. The zero-order valence-electron chi connectivity index (χ0n) is 45.9. The maximum absolute atomic E-state index is 11.4. The molecule has 0 radical (unpaired) electrons. The maximum Gasteiger partial charge on any atom is 0.501 e. The molecule has 0 heterocycles. The Morgan fingerprint density at radius 3 is 0.814 bits per heavy atom. The molecule has 0 aromatic rings. The standard InChI is InChI=1S/C13H27NO4Si.C13H26O5Si.C10H21NO4Si.C10H20O5Si/c1-6-16-19(17-7-2,18-8-3)11-9-10-14-13(15)12(4)5;1-6-16-19(17-7-2,18-8-3)11-9-10-15-13(14)12(4)5;1-9(2)10(12)11-7-6-8-16(13-3,14-4)15-5;1-9(2)10(11)15-7-6-8-16(12-3,13-4)14-5/h4,6-11H2,1-3,5H3,(H,14,15);4,6-11H2,1-3,5H3;1,6-8H2,2-5H3,(H,11,12);1,6-8H2,2-5H3. The first-order chi connectivity index (χ1) is 33.0. The van der Waals surface area contributed by atoms with Gasteiger partial charge >= 0.3 is 47.2 Å². The lowest BCUT2D eigenvalue weighted by Gasteiger charge is -2.28. The molecule has 0 aliphatic heterocycles. The van der Waals surface area contributed by atoms with Gasteiger partial charge in [0.2, 0.25) is 11.8 Å². The largest absolute Gasteiger partial charge is 0.501 e. The third-order valence-electron chi connectivity index (χ3n) is 9.14. The predicted molar refractivity (Wildman–Crippen MR) is 280 cm³/mol. The van der Waals surface area contributed by atoms with E-state index >= 15 is 0 Å². The summed E-state index contributed by atoms with van der Waals surface area (Å²) in [5.74, 6) is -0.980. The van der Waals surface area contributed by atoms with Crippen LogP contribution in [-0.2, 0) is 81.8 Å². The number of nitrogens with one attached hydrogen (secondary N) is 2.